The number of para-hydroxylation sites is 1. The van der Waals surface area contributed by atoms with Crippen LogP contribution >= 0.6 is 0 Å². The highest BCUT2D eigenvalue weighted by molar-refractivity contribution is 5.30. The molecule has 0 aliphatic carbocycles. The Balaban J connectivity index is 1.51. The molecule has 0 radical (unpaired) electrons. The molecule has 1 saturated heterocycles. The minimum Gasteiger partial charge on any atom is -0.291 e. The van der Waals surface area contributed by atoms with E-state index >= 15 is 0 Å². The van der Waals surface area contributed by atoms with E-state index in [0.717, 1.165) is 49.2 Å². The number of tetrazole rings is 1. The van der Waals surface area contributed by atoms with Crippen LogP contribution in [0.25, 0.3) is 5.69 Å². The molecule has 0 amide bonds. The molecule has 0 saturated carbocycles. The molecule has 1 atom stereocenters. The van der Waals surface area contributed by atoms with Gasteiger partial charge in [0.25, 0.3) is 0 Å². The molecule has 8 nitrogen and oxygen atoms in total. The second-order valence-electron chi connectivity index (χ2n) is 6.50. The van der Waals surface area contributed by atoms with Crippen LogP contribution in [0.15, 0.2) is 30.3 Å². The van der Waals surface area contributed by atoms with Crippen molar-refractivity contribution in [2.75, 3.05) is 6.54 Å². The van der Waals surface area contributed by atoms with Gasteiger partial charge in [0.2, 0.25) is 0 Å². The molecule has 130 valence electrons. The van der Waals surface area contributed by atoms with Crippen LogP contribution in [0.3, 0.4) is 0 Å². The highest BCUT2D eigenvalue weighted by atomic mass is 15.5. The van der Waals surface area contributed by atoms with E-state index in [9.17, 15) is 0 Å². The molecule has 0 spiro atoms. The molecule has 1 fully saturated rings. The predicted molar refractivity (Wildman–Crippen MR) is 92.1 cm³/mol. The van der Waals surface area contributed by atoms with Crippen molar-refractivity contribution in [3.63, 3.8) is 0 Å². The molecule has 0 bridgehead atoms. The number of benzene rings is 1. The van der Waals surface area contributed by atoms with Crippen molar-refractivity contribution in [3.8, 4) is 5.69 Å². The zero-order valence-electron chi connectivity index (χ0n) is 14.6. The third kappa shape index (κ3) is 3.30. The summed E-state index contributed by atoms with van der Waals surface area (Å²) in [5.74, 6) is 2.66. The van der Waals surface area contributed by atoms with E-state index in [1.807, 2.05) is 53.5 Å². The van der Waals surface area contributed by atoms with Crippen LogP contribution < -0.4 is 0 Å². The Labute approximate surface area is 146 Å². The van der Waals surface area contributed by atoms with Gasteiger partial charge < -0.3 is 0 Å². The first-order chi connectivity index (χ1) is 12.2. The van der Waals surface area contributed by atoms with Gasteiger partial charge in [-0.15, -0.1) is 5.10 Å². The summed E-state index contributed by atoms with van der Waals surface area (Å²) in [6.07, 6.45) is 2.34. The zero-order chi connectivity index (χ0) is 17.2. The van der Waals surface area contributed by atoms with E-state index in [1.54, 1.807) is 0 Å². The van der Waals surface area contributed by atoms with Crippen molar-refractivity contribution >= 4 is 0 Å². The van der Waals surface area contributed by atoms with Gasteiger partial charge in [0, 0.05) is 6.04 Å². The van der Waals surface area contributed by atoms with Gasteiger partial charge in [-0.2, -0.15) is 9.78 Å². The summed E-state index contributed by atoms with van der Waals surface area (Å²) in [5, 5.41) is 16.8. The molecular formula is C17H22N8. The molecule has 25 heavy (non-hydrogen) atoms. The quantitative estimate of drug-likeness (QED) is 0.702. The zero-order valence-corrected chi connectivity index (χ0v) is 14.6. The Hall–Kier alpha value is -2.61. The van der Waals surface area contributed by atoms with E-state index in [0.29, 0.717) is 6.04 Å². The largest absolute Gasteiger partial charge is 0.291 e. The van der Waals surface area contributed by atoms with Crippen LogP contribution in [-0.2, 0) is 13.1 Å². The smallest absolute Gasteiger partial charge is 0.170 e. The van der Waals surface area contributed by atoms with E-state index in [1.165, 1.54) is 6.42 Å². The van der Waals surface area contributed by atoms with Crippen LogP contribution in [0.5, 0.6) is 0 Å². The number of aryl methyl sites for hydroxylation is 2. The number of likely N-dealkylation sites (tertiary alicyclic amines) is 1. The van der Waals surface area contributed by atoms with Crippen LogP contribution in [-0.4, -0.2) is 52.5 Å². The number of hydrogen-bond acceptors (Lipinski definition) is 6. The van der Waals surface area contributed by atoms with Gasteiger partial charge in [0.05, 0.1) is 18.8 Å². The Morgan fingerprint density at radius 3 is 2.76 bits per heavy atom. The summed E-state index contributed by atoms with van der Waals surface area (Å²) >= 11 is 0. The van der Waals surface area contributed by atoms with Crippen LogP contribution in [0.1, 0.15) is 30.3 Å². The van der Waals surface area contributed by atoms with Gasteiger partial charge in [0.15, 0.2) is 5.82 Å². The van der Waals surface area contributed by atoms with Crippen molar-refractivity contribution in [3.05, 3.63) is 47.8 Å². The van der Waals surface area contributed by atoms with Crippen LogP contribution in [0.4, 0.5) is 0 Å². The van der Waals surface area contributed by atoms with Crippen molar-refractivity contribution in [2.24, 2.45) is 0 Å². The molecule has 1 aromatic carbocycles. The third-order valence-electron chi connectivity index (χ3n) is 4.72. The summed E-state index contributed by atoms with van der Waals surface area (Å²) in [6, 6.07) is 10.4. The van der Waals surface area contributed by atoms with Crippen LogP contribution in [0.2, 0.25) is 0 Å². The first-order valence-electron chi connectivity index (χ1n) is 8.65. The van der Waals surface area contributed by atoms with Gasteiger partial charge >= 0.3 is 0 Å². The highest BCUT2D eigenvalue weighted by Gasteiger charge is 2.27. The number of aromatic nitrogens is 7. The lowest BCUT2D eigenvalue weighted by Crippen LogP contribution is -2.34. The summed E-state index contributed by atoms with van der Waals surface area (Å²) in [4.78, 5) is 6.85. The Kier molecular flexibility index (Phi) is 4.27. The normalized spacial score (nSPS) is 18.1. The topological polar surface area (TPSA) is 77.5 Å². The fraction of sp³-hybridized carbons (Fsp3) is 0.471. The number of rotatable bonds is 5. The molecule has 4 rings (SSSR count). The molecule has 1 aliphatic heterocycles. The average Bonchev–Trinajstić information content (AvgIpc) is 3.31. The molecule has 8 heteroatoms. The van der Waals surface area contributed by atoms with Gasteiger partial charge in [-0.1, -0.05) is 18.2 Å². The van der Waals surface area contributed by atoms with Crippen molar-refractivity contribution in [1.82, 2.24) is 39.9 Å². The molecule has 3 heterocycles. The lowest BCUT2D eigenvalue weighted by atomic mass is 10.2. The Morgan fingerprint density at radius 1 is 1.16 bits per heavy atom. The summed E-state index contributed by atoms with van der Waals surface area (Å²) in [5.41, 5.74) is 0.987. The molecule has 1 aliphatic rings. The van der Waals surface area contributed by atoms with E-state index in [-0.39, 0.29) is 0 Å². The van der Waals surface area contributed by atoms with Gasteiger partial charge in [0.1, 0.15) is 11.6 Å². The first kappa shape index (κ1) is 15.9. The van der Waals surface area contributed by atoms with Gasteiger partial charge in [-0.25, -0.2) is 9.67 Å². The predicted octanol–water partition coefficient (Wildman–Crippen LogP) is 1.54. The fourth-order valence-corrected chi connectivity index (χ4v) is 3.50. The SMILES string of the molecule is Cc1nc(C)n(CC2CCCN2Cc2nnnn2-c2ccccc2)n1. The monoisotopic (exact) mass is 338 g/mol. The number of hydrogen-bond donors (Lipinski definition) is 0. The second-order valence-corrected chi connectivity index (χ2v) is 6.50. The maximum Gasteiger partial charge on any atom is 0.170 e. The first-order valence-corrected chi connectivity index (χ1v) is 8.65. The molecule has 2 aromatic heterocycles. The lowest BCUT2D eigenvalue weighted by Gasteiger charge is -2.24. The maximum atomic E-state index is 4.50. The van der Waals surface area contributed by atoms with E-state index in [4.69, 9.17) is 0 Å². The number of nitrogens with zero attached hydrogens (tertiary/aromatic N) is 8. The lowest BCUT2D eigenvalue weighted by molar-refractivity contribution is 0.211. The molecular weight excluding hydrogens is 316 g/mol. The highest BCUT2D eigenvalue weighted by Crippen LogP contribution is 2.21. The van der Waals surface area contributed by atoms with Crippen molar-refractivity contribution in [1.29, 1.82) is 0 Å². The molecule has 3 aromatic rings. The second kappa shape index (κ2) is 6.72. The Bertz CT molecular complexity index is 837. The molecule has 1 unspecified atom stereocenters. The van der Waals surface area contributed by atoms with E-state index in [2.05, 4.69) is 30.5 Å². The Morgan fingerprint density at radius 2 is 2.00 bits per heavy atom. The summed E-state index contributed by atoms with van der Waals surface area (Å²) < 4.78 is 3.83. The van der Waals surface area contributed by atoms with Crippen molar-refractivity contribution in [2.45, 2.75) is 45.8 Å². The fourth-order valence-electron chi connectivity index (χ4n) is 3.50. The van der Waals surface area contributed by atoms with E-state index < -0.39 is 0 Å². The van der Waals surface area contributed by atoms with Gasteiger partial charge in [-0.05, 0) is 55.8 Å². The standard InChI is InChI=1S/C17H22N8/c1-13-18-14(2)24(20-13)11-16-9-6-10-23(16)12-17-19-21-22-25(17)15-7-4-3-5-8-15/h3-5,7-8,16H,6,9-12H2,1-2H3. The van der Waals surface area contributed by atoms with Crippen LogP contribution in [0, 0.1) is 13.8 Å². The summed E-state index contributed by atoms with van der Waals surface area (Å²) in [7, 11) is 0. The minimum atomic E-state index is 0.431. The average molecular weight is 338 g/mol. The van der Waals surface area contributed by atoms with Gasteiger partial charge in [-0.3, -0.25) is 4.90 Å². The summed E-state index contributed by atoms with van der Waals surface area (Å²) in [6.45, 7) is 6.59. The van der Waals surface area contributed by atoms with Crippen molar-refractivity contribution < 1.29 is 0 Å². The molecule has 0 N–H and O–H groups in total. The maximum absolute atomic E-state index is 4.50. The minimum absolute atomic E-state index is 0.431. The third-order valence-corrected chi connectivity index (χ3v) is 4.72.